The minimum Gasteiger partial charge on any atom is -0.449 e. The van der Waals surface area contributed by atoms with Crippen molar-refractivity contribution in [1.82, 2.24) is 4.90 Å². The third-order valence-electron chi connectivity index (χ3n) is 5.90. The number of hydrogen-bond donors (Lipinski definition) is 1. The highest BCUT2D eigenvalue weighted by Gasteiger charge is 2.30. The molecule has 2 aromatic carbocycles. The monoisotopic (exact) mass is 460 g/mol. The highest BCUT2D eigenvalue weighted by Crippen LogP contribution is 2.36. The fourth-order valence-electron chi connectivity index (χ4n) is 4.04. The third kappa shape index (κ3) is 4.04. The Morgan fingerprint density at radius 1 is 1.03 bits per heavy atom. The lowest BCUT2D eigenvalue weighted by atomic mass is 10.0. The van der Waals surface area contributed by atoms with Crippen molar-refractivity contribution in [2.75, 3.05) is 17.8 Å². The number of sulfonamides is 1. The van der Waals surface area contributed by atoms with Crippen molar-refractivity contribution in [2.45, 2.75) is 44.9 Å². The van der Waals surface area contributed by atoms with Crippen LogP contribution in [-0.2, 0) is 10.0 Å². The SMILES string of the molecule is Cc1cc2c(C)c(C(=O)N3CCCCC3)oc2c(S(=O)(=O)Nc2ccc(Cl)cc2)c1C. The molecule has 1 amide bonds. The molecule has 1 N–H and O–H groups in total. The highest BCUT2D eigenvalue weighted by molar-refractivity contribution is 7.93. The summed E-state index contributed by atoms with van der Waals surface area (Å²) in [5.74, 6) is 0.0301. The smallest absolute Gasteiger partial charge is 0.289 e. The summed E-state index contributed by atoms with van der Waals surface area (Å²) in [4.78, 5) is 14.9. The van der Waals surface area contributed by atoms with Gasteiger partial charge in [0.25, 0.3) is 15.9 Å². The fraction of sp³-hybridized carbons (Fsp3) is 0.348. The summed E-state index contributed by atoms with van der Waals surface area (Å²) in [6.07, 6.45) is 3.04. The Morgan fingerprint density at radius 2 is 1.68 bits per heavy atom. The molecule has 8 heteroatoms. The van der Waals surface area contributed by atoms with Crippen molar-refractivity contribution >= 4 is 44.2 Å². The number of nitrogens with one attached hydrogen (secondary N) is 1. The highest BCUT2D eigenvalue weighted by atomic mass is 35.5. The van der Waals surface area contributed by atoms with Crippen LogP contribution < -0.4 is 4.72 Å². The van der Waals surface area contributed by atoms with Crippen LogP contribution in [0.4, 0.5) is 5.69 Å². The minimum absolute atomic E-state index is 0.0539. The zero-order chi connectivity index (χ0) is 22.3. The minimum atomic E-state index is -3.97. The number of fused-ring (bicyclic) bond motifs is 1. The van der Waals surface area contributed by atoms with Gasteiger partial charge < -0.3 is 9.32 Å². The van der Waals surface area contributed by atoms with E-state index in [1.807, 2.05) is 13.0 Å². The van der Waals surface area contributed by atoms with Crippen molar-refractivity contribution in [3.05, 3.63) is 57.8 Å². The number of carbonyl (C=O) groups excluding carboxylic acids is 1. The summed E-state index contributed by atoms with van der Waals surface area (Å²) in [5, 5.41) is 1.15. The van der Waals surface area contributed by atoms with Gasteiger partial charge in [-0.15, -0.1) is 0 Å². The van der Waals surface area contributed by atoms with Gasteiger partial charge in [0.2, 0.25) is 0 Å². The summed E-state index contributed by atoms with van der Waals surface area (Å²) < 4.78 is 35.3. The fourth-order valence-corrected chi connectivity index (χ4v) is 5.67. The molecule has 1 aromatic heterocycles. The molecular weight excluding hydrogens is 436 g/mol. The largest absolute Gasteiger partial charge is 0.449 e. The summed E-state index contributed by atoms with van der Waals surface area (Å²) in [6.45, 7) is 6.79. The van der Waals surface area contributed by atoms with Crippen LogP contribution in [0.1, 0.15) is 46.5 Å². The van der Waals surface area contributed by atoms with Gasteiger partial charge in [-0.2, -0.15) is 0 Å². The first-order valence-electron chi connectivity index (χ1n) is 10.3. The lowest BCUT2D eigenvalue weighted by Crippen LogP contribution is -2.35. The molecule has 0 radical (unpaired) electrons. The quantitative estimate of drug-likeness (QED) is 0.562. The number of anilines is 1. The van der Waals surface area contributed by atoms with E-state index in [9.17, 15) is 13.2 Å². The van der Waals surface area contributed by atoms with Crippen LogP contribution >= 0.6 is 11.6 Å². The Balaban J connectivity index is 1.83. The zero-order valence-electron chi connectivity index (χ0n) is 17.8. The van der Waals surface area contributed by atoms with Gasteiger partial charge in [-0.3, -0.25) is 9.52 Å². The first-order chi connectivity index (χ1) is 14.7. The van der Waals surface area contributed by atoms with Gasteiger partial charge in [0.15, 0.2) is 11.3 Å². The Kier molecular flexibility index (Phi) is 5.75. The Morgan fingerprint density at radius 3 is 2.32 bits per heavy atom. The number of furan rings is 1. The van der Waals surface area contributed by atoms with Crippen molar-refractivity contribution in [2.24, 2.45) is 0 Å². The molecule has 31 heavy (non-hydrogen) atoms. The number of halogens is 1. The van der Waals surface area contributed by atoms with Gasteiger partial charge in [-0.25, -0.2) is 8.42 Å². The first kappa shape index (κ1) is 21.7. The van der Waals surface area contributed by atoms with Gasteiger partial charge in [0, 0.05) is 34.7 Å². The molecule has 3 aromatic rings. The van der Waals surface area contributed by atoms with E-state index in [4.69, 9.17) is 16.0 Å². The van der Waals surface area contributed by atoms with Crippen LogP contribution in [0.2, 0.25) is 5.02 Å². The van der Waals surface area contributed by atoms with E-state index >= 15 is 0 Å². The van der Waals surface area contributed by atoms with Crippen LogP contribution in [0.25, 0.3) is 11.0 Å². The topological polar surface area (TPSA) is 79.6 Å². The van der Waals surface area contributed by atoms with Crippen LogP contribution in [0.15, 0.2) is 39.6 Å². The van der Waals surface area contributed by atoms with Gasteiger partial charge in [-0.1, -0.05) is 11.6 Å². The lowest BCUT2D eigenvalue weighted by molar-refractivity contribution is 0.0693. The number of likely N-dealkylation sites (tertiary alicyclic amines) is 1. The average Bonchev–Trinajstić information content (AvgIpc) is 3.06. The maximum absolute atomic E-state index is 13.4. The number of nitrogens with zero attached hydrogens (tertiary/aromatic N) is 1. The predicted molar refractivity (Wildman–Crippen MR) is 122 cm³/mol. The van der Waals surface area contributed by atoms with E-state index in [0.717, 1.165) is 24.8 Å². The van der Waals surface area contributed by atoms with Crippen molar-refractivity contribution in [1.29, 1.82) is 0 Å². The second-order valence-corrected chi connectivity index (χ2v) is 10.1. The second kappa shape index (κ2) is 8.20. The zero-order valence-corrected chi connectivity index (χ0v) is 19.4. The number of aryl methyl sites for hydroxylation is 2. The molecule has 6 nitrogen and oxygen atoms in total. The number of carbonyl (C=O) groups is 1. The maximum atomic E-state index is 13.4. The molecule has 164 valence electrons. The standard InChI is InChI=1S/C23H25ClN2O4S/c1-14-13-19-16(3)20(23(27)26-11-5-4-6-12-26)30-21(19)22(15(14)2)31(28,29)25-18-9-7-17(24)8-10-18/h7-10,13,25H,4-6,11-12H2,1-3H3. The number of amides is 1. The molecule has 1 aliphatic rings. The van der Waals surface area contributed by atoms with E-state index in [1.54, 1.807) is 43.0 Å². The second-order valence-electron chi connectivity index (χ2n) is 8.05. The van der Waals surface area contributed by atoms with Crippen LogP contribution in [0.3, 0.4) is 0 Å². The average molecular weight is 461 g/mol. The first-order valence-corrected chi connectivity index (χ1v) is 12.2. The molecule has 1 aliphatic heterocycles. The molecular formula is C23H25ClN2O4S. The molecule has 2 heterocycles. The predicted octanol–water partition coefficient (Wildman–Crippen LogP) is 5.44. The Hall–Kier alpha value is -2.51. The summed E-state index contributed by atoms with van der Waals surface area (Å²) in [5.41, 5.74) is 2.66. The van der Waals surface area contributed by atoms with Gasteiger partial charge in [-0.05, 0) is 81.5 Å². The molecule has 1 saturated heterocycles. The third-order valence-corrected chi connectivity index (χ3v) is 7.68. The molecule has 1 fully saturated rings. The molecule has 4 rings (SSSR count). The number of piperidine rings is 1. The van der Waals surface area contributed by atoms with Crippen LogP contribution in [-0.4, -0.2) is 32.3 Å². The van der Waals surface area contributed by atoms with Gasteiger partial charge >= 0.3 is 0 Å². The van der Waals surface area contributed by atoms with Crippen LogP contribution in [0.5, 0.6) is 0 Å². The number of hydrogen-bond acceptors (Lipinski definition) is 4. The summed E-state index contributed by atoms with van der Waals surface area (Å²) in [7, 11) is -3.97. The van der Waals surface area contributed by atoms with Gasteiger partial charge in [0.1, 0.15) is 4.90 Å². The summed E-state index contributed by atoms with van der Waals surface area (Å²) in [6, 6.07) is 8.31. The molecule has 0 aliphatic carbocycles. The van der Waals surface area contributed by atoms with Crippen LogP contribution in [0, 0.1) is 20.8 Å². The van der Waals surface area contributed by atoms with E-state index in [1.165, 1.54) is 0 Å². The molecule has 0 saturated carbocycles. The Bertz CT molecular complexity index is 1260. The lowest BCUT2D eigenvalue weighted by Gasteiger charge is -2.25. The van der Waals surface area contributed by atoms with Crippen molar-refractivity contribution in [3.8, 4) is 0 Å². The number of rotatable bonds is 4. The molecule has 0 spiro atoms. The van der Waals surface area contributed by atoms with E-state index in [2.05, 4.69) is 4.72 Å². The molecule has 0 bridgehead atoms. The van der Waals surface area contributed by atoms with E-state index < -0.39 is 10.0 Å². The van der Waals surface area contributed by atoms with Crippen molar-refractivity contribution in [3.63, 3.8) is 0 Å². The number of benzene rings is 2. The molecule has 0 atom stereocenters. The van der Waals surface area contributed by atoms with Crippen molar-refractivity contribution < 1.29 is 17.6 Å². The van der Waals surface area contributed by atoms with E-state index in [-0.39, 0.29) is 22.1 Å². The van der Waals surface area contributed by atoms with E-state index in [0.29, 0.717) is 40.3 Å². The van der Waals surface area contributed by atoms with Gasteiger partial charge in [0.05, 0.1) is 0 Å². The summed E-state index contributed by atoms with van der Waals surface area (Å²) >= 11 is 5.91. The normalized spacial score (nSPS) is 14.8. The maximum Gasteiger partial charge on any atom is 0.289 e. The molecule has 0 unspecified atom stereocenters. The Labute approximate surface area is 187 Å².